The fourth-order valence-electron chi connectivity index (χ4n) is 2.86. The number of carbonyl (C=O) groups excluding carboxylic acids is 1. The summed E-state index contributed by atoms with van der Waals surface area (Å²) < 4.78 is 0. The number of nitrogens with two attached hydrogens (primary N) is 1. The van der Waals surface area contributed by atoms with Crippen LogP contribution in [0.1, 0.15) is 12.0 Å². The monoisotopic (exact) mass is 367 g/mol. The topological polar surface area (TPSA) is 99.7 Å². The molecule has 0 radical (unpaired) electrons. The van der Waals surface area contributed by atoms with Crippen molar-refractivity contribution in [2.45, 2.75) is 13.3 Å². The molecule has 1 amide bonds. The highest BCUT2D eigenvalue weighted by molar-refractivity contribution is 5.92. The molecule has 0 atom stereocenters. The average Bonchev–Trinajstić information content (AvgIpc) is 2.70. The highest BCUT2D eigenvalue weighted by atomic mass is 16.2. The summed E-state index contributed by atoms with van der Waals surface area (Å²) in [5.74, 6) is 1.12. The van der Waals surface area contributed by atoms with Gasteiger partial charge in [-0.15, -0.1) is 0 Å². The average molecular weight is 367 g/mol. The standard InChI is InChI=1S/C19H25N7O/c1-15-3-5-16(6-4-15)24-18(20)21-10-7-17(27)25-11-13-26(14-12-25)19-22-8-2-9-23-19/h2-6,8-9H,7,10-14H2,1H3,(H3,20,21,24). The van der Waals surface area contributed by atoms with Crippen LogP contribution < -0.4 is 16.0 Å². The molecule has 0 spiro atoms. The van der Waals surface area contributed by atoms with Gasteiger partial charge in [0.15, 0.2) is 5.96 Å². The molecule has 1 aromatic heterocycles. The third-order valence-corrected chi connectivity index (χ3v) is 4.40. The normalized spacial score (nSPS) is 14.9. The molecule has 8 nitrogen and oxygen atoms in total. The predicted molar refractivity (Wildman–Crippen MR) is 107 cm³/mol. The third kappa shape index (κ3) is 5.40. The second-order valence-electron chi connectivity index (χ2n) is 6.42. The number of amides is 1. The number of nitrogens with zero attached hydrogens (tertiary/aromatic N) is 5. The zero-order valence-electron chi connectivity index (χ0n) is 15.5. The van der Waals surface area contributed by atoms with Crippen molar-refractivity contribution in [2.24, 2.45) is 10.7 Å². The fraction of sp³-hybridized carbons (Fsp3) is 0.368. The molecular formula is C19H25N7O. The lowest BCUT2D eigenvalue weighted by Gasteiger charge is -2.34. The number of piperazine rings is 1. The van der Waals surface area contributed by atoms with Crippen LogP contribution in [0.5, 0.6) is 0 Å². The number of aryl methyl sites for hydroxylation is 1. The number of anilines is 2. The van der Waals surface area contributed by atoms with Crippen molar-refractivity contribution in [2.75, 3.05) is 42.9 Å². The molecule has 2 heterocycles. The summed E-state index contributed by atoms with van der Waals surface area (Å²) in [4.78, 5) is 29.1. The Bertz CT molecular complexity index is 768. The minimum atomic E-state index is 0.0931. The SMILES string of the molecule is Cc1ccc(NC(N)=NCCC(=O)N2CCN(c3ncccn3)CC2)cc1. The van der Waals surface area contributed by atoms with Gasteiger partial charge in [0.2, 0.25) is 11.9 Å². The summed E-state index contributed by atoms with van der Waals surface area (Å²) in [6.07, 6.45) is 3.80. The van der Waals surface area contributed by atoms with E-state index in [0.29, 0.717) is 38.0 Å². The number of aromatic nitrogens is 2. The van der Waals surface area contributed by atoms with E-state index in [0.717, 1.165) is 18.8 Å². The van der Waals surface area contributed by atoms with Gasteiger partial charge in [-0.25, -0.2) is 9.97 Å². The molecule has 1 aliphatic heterocycles. The molecule has 0 unspecified atom stereocenters. The Kier molecular flexibility index (Phi) is 6.19. The molecule has 27 heavy (non-hydrogen) atoms. The number of carbonyl (C=O) groups is 1. The molecule has 0 saturated carbocycles. The maximum atomic E-state index is 12.4. The van der Waals surface area contributed by atoms with E-state index in [1.807, 2.05) is 36.1 Å². The number of benzene rings is 1. The highest BCUT2D eigenvalue weighted by Crippen LogP contribution is 2.11. The molecule has 2 aromatic rings. The van der Waals surface area contributed by atoms with Gasteiger partial charge in [-0.1, -0.05) is 17.7 Å². The Balaban J connectivity index is 1.41. The van der Waals surface area contributed by atoms with Crippen molar-refractivity contribution in [3.8, 4) is 0 Å². The molecule has 3 rings (SSSR count). The number of nitrogens with one attached hydrogen (secondary N) is 1. The smallest absolute Gasteiger partial charge is 0.225 e. The number of hydrogen-bond donors (Lipinski definition) is 2. The van der Waals surface area contributed by atoms with Crippen LogP contribution in [0.25, 0.3) is 0 Å². The molecule has 1 fully saturated rings. The van der Waals surface area contributed by atoms with Gasteiger partial charge in [0.1, 0.15) is 0 Å². The van der Waals surface area contributed by atoms with E-state index >= 15 is 0 Å². The molecular weight excluding hydrogens is 342 g/mol. The van der Waals surface area contributed by atoms with Gasteiger partial charge in [-0.2, -0.15) is 0 Å². The molecule has 8 heteroatoms. The van der Waals surface area contributed by atoms with E-state index < -0.39 is 0 Å². The zero-order chi connectivity index (χ0) is 19.1. The highest BCUT2D eigenvalue weighted by Gasteiger charge is 2.21. The fourth-order valence-corrected chi connectivity index (χ4v) is 2.86. The van der Waals surface area contributed by atoms with Crippen molar-refractivity contribution in [1.82, 2.24) is 14.9 Å². The first-order chi connectivity index (χ1) is 13.1. The number of rotatable bonds is 5. The molecule has 1 saturated heterocycles. The lowest BCUT2D eigenvalue weighted by molar-refractivity contribution is -0.131. The molecule has 0 aliphatic carbocycles. The Morgan fingerprint density at radius 2 is 1.81 bits per heavy atom. The first kappa shape index (κ1) is 18.6. The zero-order valence-corrected chi connectivity index (χ0v) is 15.5. The minimum Gasteiger partial charge on any atom is -0.370 e. The second-order valence-corrected chi connectivity index (χ2v) is 6.42. The van der Waals surface area contributed by atoms with E-state index in [4.69, 9.17) is 5.73 Å². The van der Waals surface area contributed by atoms with E-state index in [2.05, 4.69) is 25.2 Å². The maximum Gasteiger partial charge on any atom is 0.225 e. The summed E-state index contributed by atoms with van der Waals surface area (Å²) in [5.41, 5.74) is 7.95. The largest absolute Gasteiger partial charge is 0.370 e. The van der Waals surface area contributed by atoms with Gasteiger partial charge >= 0.3 is 0 Å². The molecule has 0 bridgehead atoms. The maximum absolute atomic E-state index is 12.4. The van der Waals surface area contributed by atoms with Crippen molar-refractivity contribution < 1.29 is 4.79 Å². The van der Waals surface area contributed by atoms with Crippen LogP contribution in [0.4, 0.5) is 11.6 Å². The molecule has 1 aliphatic rings. The first-order valence-electron chi connectivity index (χ1n) is 9.05. The van der Waals surface area contributed by atoms with Gasteiger partial charge in [-0.3, -0.25) is 9.79 Å². The van der Waals surface area contributed by atoms with Crippen molar-refractivity contribution in [3.63, 3.8) is 0 Å². The Labute approximate surface area is 159 Å². The molecule has 3 N–H and O–H groups in total. The van der Waals surface area contributed by atoms with Crippen molar-refractivity contribution in [1.29, 1.82) is 0 Å². The summed E-state index contributed by atoms with van der Waals surface area (Å²) in [6, 6.07) is 9.68. The van der Waals surface area contributed by atoms with Crippen molar-refractivity contribution in [3.05, 3.63) is 48.3 Å². The van der Waals surface area contributed by atoms with Gasteiger partial charge in [0, 0.05) is 50.7 Å². The summed E-state index contributed by atoms with van der Waals surface area (Å²) in [7, 11) is 0. The van der Waals surface area contributed by atoms with Crippen LogP contribution in [0.15, 0.2) is 47.7 Å². The molecule has 142 valence electrons. The van der Waals surface area contributed by atoms with Crippen molar-refractivity contribution >= 4 is 23.5 Å². The van der Waals surface area contributed by atoms with Gasteiger partial charge in [0.05, 0.1) is 6.54 Å². The van der Waals surface area contributed by atoms with Gasteiger partial charge in [-0.05, 0) is 25.1 Å². The van der Waals surface area contributed by atoms with Crippen LogP contribution in [-0.2, 0) is 4.79 Å². The van der Waals surface area contributed by atoms with Crippen LogP contribution in [0.2, 0.25) is 0 Å². The van der Waals surface area contributed by atoms with Gasteiger partial charge in [0.25, 0.3) is 0 Å². The van der Waals surface area contributed by atoms with E-state index in [1.54, 1.807) is 18.5 Å². The van der Waals surface area contributed by atoms with Crippen LogP contribution in [0, 0.1) is 6.92 Å². The van der Waals surface area contributed by atoms with Crippen LogP contribution in [-0.4, -0.2) is 59.5 Å². The first-order valence-corrected chi connectivity index (χ1v) is 9.05. The number of guanidine groups is 1. The van der Waals surface area contributed by atoms with Crippen LogP contribution in [0.3, 0.4) is 0 Å². The number of aliphatic imine (C=N–C) groups is 1. The van der Waals surface area contributed by atoms with Gasteiger partial charge < -0.3 is 20.9 Å². The summed E-state index contributed by atoms with van der Waals surface area (Å²) in [6.45, 7) is 5.19. The Morgan fingerprint density at radius 1 is 1.15 bits per heavy atom. The molecule has 1 aromatic carbocycles. The van der Waals surface area contributed by atoms with E-state index in [9.17, 15) is 4.79 Å². The number of hydrogen-bond acceptors (Lipinski definition) is 5. The second kappa shape index (κ2) is 8.98. The predicted octanol–water partition coefficient (Wildman–Crippen LogP) is 1.25. The Hall–Kier alpha value is -3.16. The minimum absolute atomic E-state index is 0.0931. The van der Waals surface area contributed by atoms with E-state index in [1.165, 1.54) is 5.56 Å². The summed E-state index contributed by atoms with van der Waals surface area (Å²) >= 11 is 0. The van der Waals surface area contributed by atoms with Crippen LogP contribution >= 0.6 is 0 Å². The lowest BCUT2D eigenvalue weighted by Crippen LogP contribution is -2.49. The Morgan fingerprint density at radius 3 is 2.48 bits per heavy atom. The van der Waals surface area contributed by atoms with E-state index in [-0.39, 0.29) is 5.91 Å². The third-order valence-electron chi connectivity index (χ3n) is 4.40. The quantitative estimate of drug-likeness (QED) is 0.609. The lowest BCUT2D eigenvalue weighted by atomic mass is 10.2. The summed E-state index contributed by atoms with van der Waals surface area (Å²) in [5, 5.41) is 3.03.